The van der Waals surface area contributed by atoms with Crippen LogP contribution in [-0.4, -0.2) is 0 Å². The third-order valence-electron chi connectivity index (χ3n) is 14.8. The topological polar surface area (TPSA) is 59.0 Å². The Hall–Kier alpha value is -9.78. The Morgan fingerprint density at radius 3 is 0.986 bits per heavy atom. The van der Waals surface area contributed by atoms with E-state index in [4.69, 9.17) is 17.7 Å². The molecule has 16 aromatic rings. The minimum Gasteiger partial charge on any atom is -0.456 e. The minimum absolute atomic E-state index is 0.809. The molecule has 336 valence electrons. The van der Waals surface area contributed by atoms with Crippen LogP contribution in [0.2, 0.25) is 0 Å². The van der Waals surface area contributed by atoms with Crippen molar-refractivity contribution in [3.05, 3.63) is 231 Å². The number of rotatable bonds is 6. The molecule has 0 N–H and O–H groups in total. The maximum atomic E-state index is 6.76. The van der Waals surface area contributed by atoms with Crippen LogP contribution in [0.3, 0.4) is 0 Å². The first-order valence-corrected chi connectivity index (χ1v) is 24.3. The van der Waals surface area contributed by atoms with E-state index in [2.05, 4.69) is 228 Å². The molecule has 4 heterocycles. The molecule has 0 bridgehead atoms. The van der Waals surface area contributed by atoms with Crippen molar-refractivity contribution in [2.45, 2.75) is 0 Å². The van der Waals surface area contributed by atoms with Crippen LogP contribution >= 0.6 is 0 Å². The van der Waals surface area contributed by atoms with E-state index in [1.165, 1.54) is 0 Å². The van der Waals surface area contributed by atoms with Gasteiger partial charge < -0.3 is 27.5 Å². The predicted octanol–water partition coefficient (Wildman–Crippen LogP) is 19.7. The van der Waals surface area contributed by atoms with E-state index < -0.39 is 0 Å². The number of benzene rings is 12. The highest BCUT2D eigenvalue weighted by molar-refractivity contribution is 6.28. The number of hydrogen-bond acceptors (Lipinski definition) is 6. The number of hydrogen-bond donors (Lipinski definition) is 0. The van der Waals surface area contributed by atoms with E-state index in [0.29, 0.717) is 0 Å². The van der Waals surface area contributed by atoms with Crippen molar-refractivity contribution in [2.24, 2.45) is 0 Å². The van der Waals surface area contributed by atoms with E-state index in [0.717, 1.165) is 154 Å². The zero-order valence-electron chi connectivity index (χ0n) is 38.5. The molecule has 16 rings (SSSR count). The zero-order valence-corrected chi connectivity index (χ0v) is 38.5. The smallest absolute Gasteiger partial charge is 0.143 e. The average Bonchev–Trinajstić information content (AvgIpc) is 4.21. The highest BCUT2D eigenvalue weighted by atomic mass is 16.3. The van der Waals surface area contributed by atoms with Crippen LogP contribution in [0, 0.1) is 0 Å². The van der Waals surface area contributed by atoms with Gasteiger partial charge in [-0.3, -0.25) is 0 Å². The average molecular weight is 923 g/mol. The van der Waals surface area contributed by atoms with Gasteiger partial charge in [-0.05, 0) is 131 Å². The zero-order chi connectivity index (χ0) is 47.0. The van der Waals surface area contributed by atoms with Crippen LogP contribution in [0.1, 0.15) is 0 Å². The lowest BCUT2D eigenvalue weighted by atomic mass is 9.99. The molecule has 0 radical (unpaired) electrons. The molecule has 0 aliphatic carbocycles. The molecule has 0 aliphatic rings. The van der Waals surface area contributed by atoms with Gasteiger partial charge in [0.2, 0.25) is 0 Å². The quantitative estimate of drug-likeness (QED) is 0.166. The number of anilines is 6. The van der Waals surface area contributed by atoms with E-state index in [1.54, 1.807) is 0 Å². The van der Waals surface area contributed by atoms with Crippen molar-refractivity contribution in [2.75, 3.05) is 9.80 Å². The highest BCUT2D eigenvalue weighted by Gasteiger charge is 2.22. The maximum absolute atomic E-state index is 6.76. The van der Waals surface area contributed by atoms with Crippen molar-refractivity contribution in [3.63, 3.8) is 0 Å². The van der Waals surface area contributed by atoms with Crippen molar-refractivity contribution in [3.8, 4) is 0 Å². The molecule has 6 heteroatoms. The van der Waals surface area contributed by atoms with E-state index >= 15 is 0 Å². The molecular formula is C66H38N2O4. The summed E-state index contributed by atoms with van der Waals surface area (Å²) >= 11 is 0. The standard InChI is InChI=1S/C66H38N2O4/c1-3-13-41(14-4-1)67(43-21-27-49-53-25-19-39-11-7-9-17-47(39)65(53)71-59(49)35-43)45-23-29-55-61(37-45)69-57-33-31-52-51(63(55)57)32-34-58-64(52)56-30-24-46(38-62(56)70-58)68(42-15-5-2-6-16-42)44-22-28-50-54-26-20-40-12-8-10-18-48(40)66(54)72-60(50)36-44/h1-38H. The van der Waals surface area contributed by atoms with Crippen LogP contribution < -0.4 is 9.80 Å². The van der Waals surface area contributed by atoms with Gasteiger partial charge in [-0.2, -0.15) is 0 Å². The van der Waals surface area contributed by atoms with Crippen LogP contribution in [0.25, 0.3) is 120 Å². The third-order valence-corrected chi connectivity index (χ3v) is 14.8. The summed E-state index contributed by atoms with van der Waals surface area (Å²) < 4.78 is 26.8. The van der Waals surface area contributed by atoms with E-state index in [9.17, 15) is 0 Å². The van der Waals surface area contributed by atoms with Crippen LogP contribution in [0.5, 0.6) is 0 Å². The van der Waals surface area contributed by atoms with Crippen molar-refractivity contribution < 1.29 is 17.7 Å². The van der Waals surface area contributed by atoms with Gasteiger partial charge in [0.1, 0.15) is 44.7 Å². The lowest BCUT2D eigenvalue weighted by molar-refractivity contribution is 0.668. The van der Waals surface area contributed by atoms with Gasteiger partial charge in [0, 0.05) is 112 Å². The van der Waals surface area contributed by atoms with Crippen molar-refractivity contribution >= 4 is 154 Å². The van der Waals surface area contributed by atoms with Crippen LogP contribution in [0.4, 0.5) is 34.1 Å². The first kappa shape index (κ1) is 39.1. The Morgan fingerprint density at radius 1 is 0.208 bits per heavy atom. The predicted molar refractivity (Wildman–Crippen MR) is 297 cm³/mol. The molecule has 0 amide bonds. The molecule has 0 spiro atoms. The summed E-state index contributed by atoms with van der Waals surface area (Å²) in [6.45, 7) is 0. The monoisotopic (exact) mass is 922 g/mol. The van der Waals surface area contributed by atoms with Gasteiger partial charge >= 0.3 is 0 Å². The summed E-state index contributed by atoms with van der Waals surface area (Å²) in [7, 11) is 0. The molecule has 0 fully saturated rings. The van der Waals surface area contributed by atoms with Gasteiger partial charge in [-0.15, -0.1) is 0 Å². The molecule has 0 atom stereocenters. The Kier molecular flexibility index (Phi) is 8.07. The molecule has 4 aromatic heterocycles. The molecule has 0 aliphatic heterocycles. The summed E-state index contributed by atoms with van der Waals surface area (Å²) in [5, 5.41) is 15.4. The second-order valence-corrected chi connectivity index (χ2v) is 18.8. The van der Waals surface area contributed by atoms with E-state index in [-0.39, 0.29) is 0 Å². The second kappa shape index (κ2) is 14.9. The lowest BCUT2D eigenvalue weighted by Crippen LogP contribution is -2.09. The SMILES string of the molecule is c1ccc(N(c2ccc3c(c2)oc2c4ccccc4ccc32)c2ccc3c(c2)oc2ccc4c(ccc5oc6cc(N(c7ccccc7)c7ccc8c(c7)oc7c9ccccc9ccc87)ccc6c54)c23)cc1. The van der Waals surface area contributed by atoms with Crippen molar-refractivity contribution in [1.82, 2.24) is 0 Å². The molecule has 0 saturated heterocycles. The summed E-state index contributed by atoms with van der Waals surface area (Å²) in [5.41, 5.74) is 12.8. The first-order valence-electron chi connectivity index (χ1n) is 24.3. The normalized spacial score (nSPS) is 12.2. The number of nitrogens with zero attached hydrogens (tertiary/aromatic N) is 2. The fraction of sp³-hybridized carbons (Fsp3) is 0. The number of fused-ring (bicyclic) bond motifs is 19. The maximum Gasteiger partial charge on any atom is 0.143 e. The largest absolute Gasteiger partial charge is 0.456 e. The third kappa shape index (κ3) is 5.72. The summed E-state index contributed by atoms with van der Waals surface area (Å²) in [6.07, 6.45) is 0. The van der Waals surface area contributed by atoms with Gasteiger partial charge in [-0.1, -0.05) is 97.1 Å². The highest BCUT2D eigenvalue weighted by Crippen LogP contribution is 2.46. The Balaban J connectivity index is 0.807. The molecule has 0 saturated carbocycles. The molecule has 72 heavy (non-hydrogen) atoms. The molecule has 12 aromatic carbocycles. The molecular weight excluding hydrogens is 885 g/mol. The first-order chi connectivity index (χ1) is 35.7. The van der Waals surface area contributed by atoms with Crippen LogP contribution in [0.15, 0.2) is 248 Å². The summed E-state index contributed by atoms with van der Waals surface area (Å²) in [5.74, 6) is 0. The number of furan rings is 4. The number of para-hydroxylation sites is 2. The van der Waals surface area contributed by atoms with Crippen LogP contribution in [-0.2, 0) is 0 Å². The van der Waals surface area contributed by atoms with E-state index in [1.807, 2.05) is 12.1 Å². The fourth-order valence-corrected chi connectivity index (χ4v) is 11.5. The van der Waals surface area contributed by atoms with Gasteiger partial charge in [-0.25, -0.2) is 0 Å². The van der Waals surface area contributed by atoms with Gasteiger partial charge in [0.15, 0.2) is 0 Å². The molecule has 0 unspecified atom stereocenters. The van der Waals surface area contributed by atoms with Crippen molar-refractivity contribution in [1.29, 1.82) is 0 Å². The molecule has 6 nitrogen and oxygen atoms in total. The minimum atomic E-state index is 0.809. The summed E-state index contributed by atoms with van der Waals surface area (Å²) in [6, 6.07) is 81.1. The second-order valence-electron chi connectivity index (χ2n) is 18.8. The van der Waals surface area contributed by atoms with Gasteiger partial charge in [0.25, 0.3) is 0 Å². The Labute approximate surface area is 410 Å². The Bertz CT molecular complexity index is 4580. The fourth-order valence-electron chi connectivity index (χ4n) is 11.5. The Morgan fingerprint density at radius 2 is 0.556 bits per heavy atom. The van der Waals surface area contributed by atoms with Gasteiger partial charge in [0.05, 0.1) is 0 Å². The lowest BCUT2D eigenvalue weighted by Gasteiger charge is -2.25. The summed E-state index contributed by atoms with van der Waals surface area (Å²) in [4.78, 5) is 4.53.